The van der Waals surface area contributed by atoms with E-state index in [1.165, 1.54) is 17.5 Å². The molecule has 0 saturated carbocycles. The summed E-state index contributed by atoms with van der Waals surface area (Å²) in [5.74, 6) is 1.60. The first kappa shape index (κ1) is 13.9. The molecule has 0 unspecified atom stereocenters. The summed E-state index contributed by atoms with van der Waals surface area (Å²) >= 11 is 0. The highest BCUT2D eigenvalue weighted by Crippen LogP contribution is 2.17. The van der Waals surface area contributed by atoms with Gasteiger partial charge >= 0.3 is 0 Å². The van der Waals surface area contributed by atoms with Crippen molar-refractivity contribution in [2.24, 2.45) is 0 Å². The molecule has 2 aromatic heterocycles. The second-order valence-corrected chi connectivity index (χ2v) is 5.30. The summed E-state index contributed by atoms with van der Waals surface area (Å²) in [6.45, 7) is 3.06. The lowest BCUT2D eigenvalue weighted by atomic mass is 10.4. The van der Waals surface area contributed by atoms with Crippen molar-refractivity contribution in [3.05, 3.63) is 46.3 Å². The van der Waals surface area contributed by atoms with E-state index < -0.39 is 0 Å². The van der Waals surface area contributed by atoms with E-state index in [-0.39, 0.29) is 5.56 Å². The number of nitrogens with one attached hydrogen (secondary N) is 1. The topological polar surface area (TPSA) is 63.3 Å². The monoisotopic (exact) mass is 288 g/mol. The lowest BCUT2D eigenvalue weighted by Crippen LogP contribution is -2.26. The van der Waals surface area contributed by atoms with Crippen molar-refractivity contribution in [2.75, 3.05) is 25.0 Å². The Morgan fingerprint density at radius 3 is 2.76 bits per heavy atom. The van der Waals surface area contributed by atoms with Gasteiger partial charge in [-0.05, 0) is 32.0 Å². The molecule has 1 fully saturated rings. The molecule has 0 aliphatic carbocycles. The molecule has 1 saturated heterocycles. The molecule has 2 aromatic rings. The van der Waals surface area contributed by atoms with E-state index in [1.807, 2.05) is 19.2 Å². The van der Waals surface area contributed by atoms with Crippen LogP contribution in [-0.2, 0) is 13.1 Å². The third kappa shape index (κ3) is 3.16. The van der Waals surface area contributed by atoms with E-state index in [9.17, 15) is 4.79 Å². The van der Waals surface area contributed by atoms with Gasteiger partial charge in [-0.15, -0.1) is 0 Å². The lowest BCUT2D eigenvalue weighted by molar-refractivity contribution is 0.431. The first-order valence-electron chi connectivity index (χ1n) is 7.30. The first-order chi connectivity index (χ1) is 10.3. The van der Waals surface area contributed by atoms with Gasteiger partial charge in [0.1, 0.15) is 18.1 Å². The Hall–Kier alpha value is -2.08. The molecular formula is C15H20N4O2. The Morgan fingerprint density at radius 1 is 1.29 bits per heavy atom. The van der Waals surface area contributed by atoms with E-state index in [0.717, 1.165) is 30.3 Å². The molecule has 0 bridgehead atoms. The zero-order valence-corrected chi connectivity index (χ0v) is 12.2. The summed E-state index contributed by atoms with van der Waals surface area (Å²) in [5, 5.41) is 7.29. The number of hydrogen-bond donors (Lipinski definition) is 1. The van der Waals surface area contributed by atoms with Gasteiger partial charge in [0.05, 0.1) is 18.4 Å². The minimum absolute atomic E-state index is 0.0917. The molecule has 112 valence electrons. The molecule has 0 spiro atoms. The van der Waals surface area contributed by atoms with Gasteiger partial charge in [-0.25, -0.2) is 4.68 Å². The van der Waals surface area contributed by atoms with Crippen molar-refractivity contribution in [1.29, 1.82) is 0 Å². The highest BCUT2D eigenvalue weighted by Gasteiger charge is 2.14. The van der Waals surface area contributed by atoms with Crippen LogP contribution < -0.4 is 15.8 Å². The van der Waals surface area contributed by atoms with Crippen LogP contribution in [0, 0.1) is 0 Å². The maximum Gasteiger partial charge on any atom is 0.269 e. The number of rotatable bonds is 5. The van der Waals surface area contributed by atoms with Gasteiger partial charge in [-0.1, -0.05) is 0 Å². The smallest absolute Gasteiger partial charge is 0.269 e. The van der Waals surface area contributed by atoms with Crippen molar-refractivity contribution in [3.63, 3.8) is 0 Å². The van der Waals surface area contributed by atoms with Crippen molar-refractivity contribution < 1.29 is 4.42 Å². The van der Waals surface area contributed by atoms with Crippen LogP contribution in [0.15, 0.2) is 33.6 Å². The Balaban J connectivity index is 1.74. The zero-order valence-electron chi connectivity index (χ0n) is 12.2. The molecule has 3 rings (SSSR count). The van der Waals surface area contributed by atoms with E-state index >= 15 is 0 Å². The maximum absolute atomic E-state index is 12.2. The minimum Gasteiger partial charge on any atom is -0.463 e. The molecule has 3 heterocycles. The fourth-order valence-corrected chi connectivity index (χ4v) is 2.62. The Bertz CT molecular complexity index is 656. The summed E-state index contributed by atoms with van der Waals surface area (Å²) in [6.07, 6.45) is 4.14. The van der Waals surface area contributed by atoms with Gasteiger partial charge in [0, 0.05) is 19.2 Å². The third-order valence-corrected chi connectivity index (χ3v) is 3.70. The molecule has 21 heavy (non-hydrogen) atoms. The van der Waals surface area contributed by atoms with Crippen molar-refractivity contribution in [3.8, 4) is 0 Å². The van der Waals surface area contributed by atoms with Crippen LogP contribution in [0.5, 0.6) is 0 Å². The van der Waals surface area contributed by atoms with Gasteiger partial charge in [-0.3, -0.25) is 4.79 Å². The average Bonchev–Trinajstić information content (AvgIpc) is 3.13. The average molecular weight is 288 g/mol. The predicted molar refractivity (Wildman–Crippen MR) is 80.5 cm³/mol. The van der Waals surface area contributed by atoms with Crippen LogP contribution in [0.4, 0.5) is 5.69 Å². The molecule has 0 radical (unpaired) electrons. The fraction of sp³-hybridized carbons (Fsp3) is 0.467. The normalized spacial score (nSPS) is 14.8. The summed E-state index contributed by atoms with van der Waals surface area (Å²) in [4.78, 5) is 14.4. The minimum atomic E-state index is -0.0917. The summed E-state index contributed by atoms with van der Waals surface area (Å²) in [7, 11) is 1.87. The van der Waals surface area contributed by atoms with Crippen molar-refractivity contribution in [1.82, 2.24) is 15.1 Å². The van der Waals surface area contributed by atoms with Crippen molar-refractivity contribution in [2.45, 2.75) is 25.9 Å². The quantitative estimate of drug-likeness (QED) is 0.896. The lowest BCUT2D eigenvalue weighted by Gasteiger charge is -2.16. The number of anilines is 1. The molecule has 6 heteroatoms. The highest BCUT2D eigenvalue weighted by molar-refractivity contribution is 5.43. The molecule has 1 aliphatic rings. The Labute approximate surface area is 123 Å². The number of hydrogen-bond acceptors (Lipinski definition) is 5. The summed E-state index contributed by atoms with van der Waals surface area (Å²) in [5.41, 5.74) is 0.829. The van der Waals surface area contributed by atoms with Crippen LogP contribution in [0.25, 0.3) is 0 Å². The van der Waals surface area contributed by atoms with Gasteiger partial charge in [0.25, 0.3) is 5.56 Å². The zero-order chi connectivity index (χ0) is 14.7. The second kappa shape index (κ2) is 6.13. The standard InChI is InChI=1S/C15H20N4O2/c1-16-10-13-4-5-14(21-13)11-19-15(20)8-12(9-17-19)18-6-2-3-7-18/h4-5,8-9,16H,2-3,6-7,10-11H2,1H3. The number of furan rings is 1. The van der Waals surface area contributed by atoms with E-state index in [2.05, 4.69) is 15.3 Å². The maximum atomic E-state index is 12.2. The van der Waals surface area contributed by atoms with Gasteiger partial charge in [-0.2, -0.15) is 5.10 Å². The number of aromatic nitrogens is 2. The summed E-state index contributed by atoms with van der Waals surface area (Å²) < 4.78 is 7.07. The molecule has 1 N–H and O–H groups in total. The van der Waals surface area contributed by atoms with Crippen LogP contribution in [-0.4, -0.2) is 29.9 Å². The largest absolute Gasteiger partial charge is 0.463 e. The van der Waals surface area contributed by atoms with Gasteiger partial charge in [0.15, 0.2) is 0 Å². The first-order valence-corrected chi connectivity index (χ1v) is 7.30. The van der Waals surface area contributed by atoms with Crippen molar-refractivity contribution >= 4 is 5.69 Å². The number of nitrogens with zero attached hydrogens (tertiary/aromatic N) is 3. The Morgan fingerprint density at radius 2 is 2.05 bits per heavy atom. The Kier molecular flexibility index (Phi) is 4.06. The van der Waals surface area contributed by atoms with Crippen LogP contribution in [0.1, 0.15) is 24.4 Å². The van der Waals surface area contributed by atoms with E-state index in [4.69, 9.17) is 4.42 Å². The van der Waals surface area contributed by atoms with Crippen LogP contribution >= 0.6 is 0 Å². The molecule has 6 nitrogen and oxygen atoms in total. The van der Waals surface area contributed by atoms with Gasteiger partial charge < -0.3 is 14.6 Å². The fourth-order valence-electron chi connectivity index (χ4n) is 2.62. The molecule has 1 aliphatic heterocycles. The van der Waals surface area contributed by atoms with E-state index in [0.29, 0.717) is 13.1 Å². The van der Waals surface area contributed by atoms with Gasteiger partial charge in [0.2, 0.25) is 0 Å². The highest BCUT2D eigenvalue weighted by atomic mass is 16.3. The SMILES string of the molecule is CNCc1ccc(Cn2ncc(N3CCCC3)cc2=O)o1. The molecular weight excluding hydrogens is 268 g/mol. The predicted octanol–water partition coefficient (Wildman–Crippen LogP) is 1.20. The van der Waals surface area contributed by atoms with Crippen LogP contribution in [0.2, 0.25) is 0 Å². The summed E-state index contributed by atoms with van der Waals surface area (Å²) in [6, 6.07) is 5.46. The van der Waals surface area contributed by atoms with E-state index in [1.54, 1.807) is 12.3 Å². The molecule has 0 atom stereocenters. The second-order valence-electron chi connectivity index (χ2n) is 5.30. The third-order valence-electron chi connectivity index (χ3n) is 3.70. The molecule has 0 aromatic carbocycles. The molecule has 0 amide bonds. The van der Waals surface area contributed by atoms with Crippen LogP contribution in [0.3, 0.4) is 0 Å².